The molecule has 1 saturated carbocycles. The predicted molar refractivity (Wildman–Crippen MR) is 74.2 cm³/mol. The largest absolute Gasteiger partial charge is 0.508 e. The number of ketones is 1. The lowest BCUT2D eigenvalue weighted by Crippen LogP contribution is -2.56. The van der Waals surface area contributed by atoms with Gasteiger partial charge in [0.25, 0.3) is 0 Å². The van der Waals surface area contributed by atoms with E-state index in [9.17, 15) is 9.90 Å². The van der Waals surface area contributed by atoms with Crippen molar-refractivity contribution in [3.63, 3.8) is 0 Å². The van der Waals surface area contributed by atoms with E-state index in [1.807, 2.05) is 12.1 Å². The lowest BCUT2D eigenvalue weighted by Gasteiger charge is -2.50. The third kappa shape index (κ3) is 2.06. The van der Waals surface area contributed by atoms with Gasteiger partial charge >= 0.3 is 0 Å². The first-order valence-corrected chi connectivity index (χ1v) is 7.16. The Morgan fingerprint density at radius 2 is 2.26 bits per heavy atom. The summed E-state index contributed by atoms with van der Waals surface area (Å²) in [7, 11) is 0. The lowest BCUT2D eigenvalue weighted by molar-refractivity contribution is -0.124. The van der Waals surface area contributed by atoms with Gasteiger partial charge in [-0.2, -0.15) is 0 Å². The molecule has 3 heteroatoms. The zero-order valence-electron chi connectivity index (χ0n) is 11.4. The van der Waals surface area contributed by atoms with Crippen LogP contribution in [0.1, 0.15) is 38.2 Å². The number of phenolic OH excluding ortho intramolecular Hbond substituents is 1. The molecule has 2 aliphatic rings. The molecule has 3 unspecified atom stereocenters. The summed E-state index contributed by atoms with van der Waals surface area (Å²) in [4.78, 5) is 12.0. The maximum Gasteiger partial charge on any atom is 0.133 e. The van der Waals surface area contributed by atoms with Gasteiger partial charge in [0.05, 0.1) is 0 Å². The van der Waals surface area contributed by atoms with Crippen LogP contribution in [0.2, 0.25) is 0 Å². The number of benzene rings is 1. The molecule has 0 spiro atoms. The van der Waals surface area contributed by atoms with E-state index in [0.717, 1.165) is 24.9 Å². The highest BCUT2D eigenvalue weighted by atomic mass is 16.3. The van der Waals surface area contributed by atoms with Crippen LogP contribution in [0.5, 0.6) is 5.75 Å². The van der Waals surface area contributed by atoms with Gasteiger partial charge in [0.2, 0.25) is 0 Å². The van der Waals surface area contributed by atoms with E-state index in [1.165, 1.54) is 0 Å². The molecule has 0 aromatic heterocycles. The van der Waals surface area contributed by atoms with Crippen molar-refractivity contribution in [2.45, 2.75) is 44.1 Å². The summed E-state index contributed by atoms with van der Waals surface area (Å²) < 4.78 is 0. The Balaban J connectivity index is 2.07. The first kappa shape index (κ1) is 12.7. The minimum absolute atomic E-state index is 0.0707. The molecule has 2 fully saturated rings. The summed E-state index contributed by atoms with van der Waals surface area (Å²) in [5.74, 6) is 1.16. The highest BCUT2D eigenvalue weighted by molar-refractivity contribution is 5.81. The molecule has 1 aliphatic heterocycles. The Morgan fingerprint density at radius 1 is 1.42 bits per heavy atom. The molecule has 1 aliphatic carbocycles. The van der Waals surface area contributed by atoms with Gasteiger partial charge in [-0.15, -0.1) is 0 Å². The molecule has 1 aromatic rings. The topological polar surface area (TPSA) is 49.3 Å². The highest BCUT2D eigenvalue weighted by Gasteiger charge is 2.48. The van der Waals surface area contributed by atoms with Crippen LogP contribution in [0.3, 0.4) is 0 Å². The summed E-state index contributed by atoms with van der Waals surface area (Å²) >= 11 is 0. The van der Waals surface area contributed by atoms with Crippen LogP contribution in [0.25, 0.3) is 0 Å². The molecular formula is C16H21NO2. The third-order valence-corrected chi connectivity index (χ3v) is 5.02. The molecular weight excluding hydrogens is 238 g/mol. The third-order valence-electron chi connectivity index (χ3n) is 5.02. The lowest BCUT2D eigenvalue weighted by atomic mass is 9.57. The van der Waals surface area contributed by atoms with Crippen molar-refractivity contribution in [1.82, 2.24) is 5.32 Å². The molecule has 3 rings (SSSR count). The second-order valence-corrected chi connectivity index (χ2v) is 6.06. The Hall–Kier alpha value is -1.35. The van der Waals surface area contributed by atoms with Crippen LogP contribution >= 0.6 is 0 Å². The number of hydrogen-bond donors (Lipinski definition) is 2. The Kier molecular flexibility index (Phi) is 3.09. The number of Topliss-reactive ketones (excluding diaryl/α,β-unsaturated/α-hetero) is 1. The van der Waals surface area contributed by atoms with Crippen molar-refractivity contribution in [1.29, 1.82) is 0 Å². The molecule has 1 saturated heterocycles. The summed E-state index contributed by atoms with van der Waals surface area (Å²) in [5, 5.41) is 13.3. The van der Waals surface area contributed by atoms with Gasteiger partial charge in [0, 0.05) is 24.3 Å². The number of rotatable bonds is 1. The van der Waals surface area contributed by atoms with Crippen LogP contribution in [0.4, 0.5) is 0 Å². The summed E-state index contributed by atoms with van der Waals surface area (Å²) in [5.41, 5.74) is 1.07. The smallest absolute Gasteiger partial charge is 0.133 e. The van der Waals surface area contributed by atoms with E-state index in [-0.39, 0.29) is 5.41 Å². The number of carbonyl (C=O) groups excluding carboxylic acids is 1. The van der Waals surface area contributed by atoms with Crippen molar-refractivity contribution in [3.8, 4) is 5.75 Å². The van der Waals surface area contributed by atoms with Crippen molar-refractivity contribution >= 4 is 5.78 Å². The van der Waals surface area contributed by atoms with Gasteiger partial charge in [0.1, 0.15) is 11.5 Å². The monoisotopic (exact) mass is 259 g/mol. The number of nitrogens with one attached hydrogen (secondary N) is 1. The first-order chi connectivity index (χ1) is 9.12. The molecule has 0 amide bonds. The Morgan fingerprint density at radius 3 is 3.05 bits per heavy atom. The van der Waals surface area contributed by atoms with E-state index in [0.29, 0.717) is 36.3 Å². The number of aromatic hydroxyl groups is 1. The van der Waals surface area contributed by atoms with Crippen molar-refractivity contribution in [2.75, 3.05) is 6.54 Å². The molecule has 1 aromatic carbocycles. The molecule has 2 N–H and O–H groups in total. The fourth-order valence-electron chi connectivity index (χ4n) is 4.11. The molecule has 102 valence electrons. The van der Waals surface area contributed by atoms with Crippen LogP contribution in [0.15, 0.2) is 24.3 Å². The first-order valence-electron chi connectivity index (χ1n) is 7.16. The van der Waals surface area contributed by atoms with Crippen LogP contribution in [-0.4, -0.2) is 23.5 Å². The number of carbonyl (C=O) groups is 1. The zero-order valence-corrected chi connectivity index (χ0v) is 11.4. The quantitative estimate of drug-likeness (QED) is 0.814. The van der Waals surface area contributed by atoms with Crippen molar-refractivity contribution in [3.05, 3.63) is 29.8 Å². The Bertz CT molecular complexity index is 499. The van der Waals surface area contributed by atoms with Gasteiger partial charge < -0.3 is 10.4 Å². The number of fused-ring (bicyclic) bond motifs is 1. The average molecular weight is 259 g/mol. The molecule has 1 heterocycles. The van der Waals surface area contributed by atoms with Gasteiger partial charge in [-0.05, 0) is 49.9 Å². The highest BCUT2D eigenvalue weighted by Crippen LogP contribution is 2.48. The van der Waals surface area contributed by atoms with E-state index in [2.05, 4.69) is 18.3 Å². The predicted octanol–water partition coefficient (Wildman–Crippen LogP) is 2.38. The maximum absolute atomic E-state index is 12.0. The minimum Gasteiger partial charge on any atom is -0.508 e. The summed E-state index contributed by atoms with van der Waals surface area (Å²) in [6.45, 7) is 3.16. The van der Waals surface area contributed by atoms with Crippen molar-refractivity contribution in [2.24, 2.45) is 5.92 Å². The summed E-state index contributed by atoms with van der Waals surface area (Å²) in [6.07, 6.45) is 3.28. The fourth-order valence-corrected chi connectivity index (χ4v) is 4.11. The number of phenols is 1. The van der Waals surface area contributed by atoms with Gasteiger partial charge in [0.15, 0.2) is 0 Å². The van der Waals surface area contributed by atoms with E-state index in [4.69, 9.17) is 0 Å². The van der Waals surface area contributed by atoms with Gasteiger partial charge in [-0.25, -0.2) is 0 Å². The van der Waals surface area contributed by atoms with Crippen LogP contribution in [-0.2, 0) is 10.2 Å². The van der Waals surface area contributed by atoms with E-state index >= 15 is 0 Å². The second kappa shape index (κ2) is 4.64. The second-order valence-electron chi connectivity index (χ2n) is 6.06. The molecule has 3 nitrogen and oxygen atoms in total. The SMILES string of the molecule is CC1NCCC2(c3cccc(O)c3)CC(=O)CCC12. The minimum atomic E-state index is -0.0707. The number of piperidine rings is 1. The zero-order chi connectivity index (χ0) is 13.5. The molecule has 3 atom stereocenters. The summed E-state index contributed by atoms with van der Waals surface area (Å²) in [6, 6.07) is 7.95. The van der Waals surface area contributed by atoms with E-state index < -0.39 is 0 Å². The molecule has 0 radical (unpaired) electrons. The van der Waals surface area contributed by atoms with E-state index in [1.54, 1.807) is 6.07 Å². The Labute approximate surface area is 114 Å². The standard InChI is InChI=1S/C16H21NO2/c1-11-15-6-5-14(19)10-16(15,7-8-17-11)12-3-2-4-13(18)9-12/h2-4,9,11,15,17-18H,5-8,10H2,1H3. The van der Waals surface area contributed by atoms with Crippen LogP contribution < -0.4 is 5.32 Å². The van der Waals surface area contributed by atoms with Gasteiger partial charge in [-0.1, -0.05) is 12.1 Å². The fraction of sp³-hybridized carbons (Fsp3) is 0.562. The molecule has 19 heavy (non-hydrogen) atoms. The van der Waals surface area contributed by atoms with Crippen molar-refractivity contribution < 1.29 is 9.90 Å². The average Bonchev–Trinajstić information content (AvgIpc) is 2.38. The normalized spacial score (nSPS) is 34.9. The van der Waals surface area contributed by atoms with Crippen LogP contribution in [0, 0.1) is 5.92 Å². The maximum atomic E-state index is 12.0. The van der Waals surface area contributed by atoms with Gasteiger partial charge in [-0.3, -0.25) is 4.79 Å². The molecule has 0 bridgehead atoms. The number of hydrogen-bond acceptors (Lipinski definition) is 3.